The van der Waals surface area contributed by atoms with Gasteiger partial charge in [0.25, 0.3) is 5.56 Å². The van der Waals surface area contributed by atoms with Crippen molar-refractivity contribution in [2.24, 2.45) is 7.05 Å². The SMILES string of the molecule is Cn1ccc(NC(=O)NCCc2cn[nH]c2)cc1=O. The molecule has 0 saturated heterocycles. The van der Waals surface area contributed by atoms with E-state index in [1.807, 2.05) is 0 Å². The van der Waals surface area contributed by atoms with E-state index in [0.717, 1.165) is 5.56 Å². The first-order valence-electron chi connectivity index (χ1n) is 5.84. The maximum atomic E-state index is 11.6. The van der Waals surface area contributed by atoms with Crippen molar-refractivity contribution in [3.63, 3.8) is 0 Å². The highest BCUT2D eigenvalue weighted by Gasteiger charge is 2.02. The van der Waals surface area contributed by atoms with Crippen LogP contribution in [0.5, 0.6) is 0 Å². The third-order valence-corrected chi connectivity index (χ3v) is 2.62. The lowest BCUT2D eigenvalue weighted by Crippen LogP contribution is -2.31. The van der Waals surface area contributed by atoms with Gasteiger partial charge in [0.2, 0.25) is 0 Å². The molecule has 0 saturated carbocycles. The van der Waals surface area contributed by atoms with Gasteiger partial charge in [-0.2, -0.15) is 5.10 Å². The molecule has 0 aliphatic heterocycles. The van der Waals surface area contributed by atoms with E-state index in [1.54, 1.807) is 31.7 Å². The number of rotatable bonds is 4. The first-order chi connectivity index (χ1) is 9.15. The number of nitrogens with one attached hydrogen (secondary N) is 3. The number of carbonyl (C=O) groups is 1. The minimum absolute atomic E-state index is 0.170. The minimum Gasteiger partial charge on any atom is -0.338 e. The second-order valence-corrected chi connectivity index (χ2v) is 4.10. The second-order valence-electron chi connectivity index (χ2n) is 4.10. The van der Waals surface area contributed by atoms with Crippen LogP contribution in [0.3, 0.4) is 0 Å². The Bertz CT molecular complexity index is 603. The molecule has 100 valence electrons. The van der Waals surface area contributed by atoms with Crippen molar-refractivity contribution >= 4 is 11.7 Å². The molecule has 0 radical (unpaired) electrons. The van der Waals surface area contributed by atoms with Crippen molar-refractivity contribution in [2.75, 3.05) is 11.9 Å². The molecule has 0 bridgehead atoms. The fourth-order valence-electron chi connectivity index (χ4n) is 1.54. The van der Waals surface area contributed by atoms with Gasteiger partial charge < -0.3 is 15.2 Å². The fourth-order valence-corrected chi connectivity index (χ4v) is 1.54. The van der Waals surface area contributed by atoms with E-state index in [4.69, 9.17) is 0 Å². The summed E-state index contributed by atoms with van der Waals surface area (Å²) in [6.07, 6.45) is 5.78. The average Bonchev–Trinajstić information content (AvgIpc) is 2.87. The van der Waals surface area contributed by atoms with Gasteiger partial charge in [0.1, 0.15) is 0 Å². The predicted molar refractivity (Wildman–Crippen MR) is 71.0 cm³/mol. The fraction of sp³-hybridized carbons (Fsp3) is 0.250. The van der Waals surface area contributed by atoms with Crippen LogP contribution in [0.4, 0.5) is 10.5 Å². The van der Waals surface area contributed by atoms with Crippen LogP contribution < -0.4 is 16.2 Å². The number of hydrogen-bond donors (Lipinski definition) is 3. The molecule has 2 rings (SSSR count). The zero-order valence-corrected chi connectivity index (χ0v) is 10.5. The van der Waals surface area contributed by atoms with Gasteiger partial charge in [0.15, 0.2) is 0 Å². The lowest BCUT2D eigenvalue weighted by Gasteiger charge is -2.07. The summed E-state index contributed by atoms with van der Waals surface area (Å²) >= 11 is 0. The number of aryl methyl sites for hydroxylation is 1. The Hall–Kier alpha value is -2.57. The van der Waals surface area contributed by atoms with Gasteiger partial charge >= 0.3 is 6.03 Å². The van der Waals surface area contributed by atoms with Gasteiger partial charge in [0, 0.05) is 37.7 Å². The van der Waals surface area contributed by atoms with E-state index in [9.17, 15) is 9.59 Å². The van der Waals surface area contributed by atoms with Gasteiger partial charge in [-0.1, -0.05) is 0 Å². The summed E-state index contributed by atoms with van der Waals surface area (Å²) < 4.78 is 1.43. The number of pyridine rings is 1. The molecule has 0 aliphatic carbocycles. The highest BCUT2D eigenvalue weighted by Crippen LogP contribution is 2.01. The molecular weight excluding hydrogens is 246 g/mol. The van der Waals surface area contributed by atoms with Gasteiger partial charge in [-0.3, -0.25) is 9.89 Å². The number of carbonyl (C=O) groups excluding carboxylic acids is 1. The number of urea groups is 1. The van der Waals surface area contributed by atoms with Crippen molar-refractivity contribution in [1.29, 1.82) is 0 Å². The molecule has 0 unspecified atom stereocenters. The van der Waals surface area contributed by atoms with E-state index in [0.29, 0.717) is 18.7 Å². The molecule has 19 heavy (non-hydrogen) atoms. The zero-order valence-electron chi connectivity index (χ0n) is 10.5. The number of anilines is 1. The van der Waals surface area contributed by atoms with Crippen LogP contribution in [0.2, 0.25) is 0 Å². The molecule has 0 aliphatic rings. The quantitative estimate of drug-likeness (QED) is 0.747. The van der Waals surface area contributed by atoms with Gasteiger partial charge in [-0.05, 0) is 18.1 Å². The second kappa shape index (κ2) is 5.85. The average molecular weight is 261 g/mol. The van der Waals surface area contributed by atoms with Crippen LogP contribution in [-0.2, 0) is 13.5 Å². The number of H-pyrrole nitrogens is 1. The molecule has 0 spiro atoms. The van der Waals surface area contributed by atoms with Crippen molar-refractivity contribution < 1.29 is 4.79 Å². The lowest BCUT2D eigenvalue weighted by molar-refractivity contribution is 0.252. The lowest BCUT2D eigenvalue weighted by atomic mass is 10.2. The molecule has 0 atom stereocenters. The summed E-state index contributed by atoms with van der Waals surface area (Å²) in [6.45, 7) is 0.496. The third-order valence-electron chi connectivity index (χ3n) is 2.62. The number of hydrogen-bond acceptors (Lipinski definition) is 3. The van der Waals surface area contributed by atoms with Crippen LogP contribution in [0.25, 0.3) is 0 Å². The summed E-state index contributed by atoms with van der Waals surface area (Å²) in [4.78, 5) is 23.0. The molecule has 3 N–H and O–H groups in total. The van der Waals surface area contributed by atoms with Crippen LogP contribution in [-0.4, -0.2) is 27.3 Å². The minimum atomic E-state index is -0.336. The highest BCUT2D eigenvalue weighted by atomic mass is 16.2. The van der Waals surface area contributed by atoms with E-state index in [1.165, 1.54) is 10.6 Å². The normalized spacial score (nSPS) is 10.2. The molecule has 2 aromatic heterocycles. The summed E-state index contributed by atoms with van der Waals surface area (Å²) in [6, 6.07) is 2.70. The Morgan fingerprint density at radius 1 is 1.53 bits per heavy atom. The van der Waals surface area contributed by atoms with Crippen molar-refractivity contribution in [2.45, 2.75) is 6.42 Å². The predicted octanol–water partition coefficient (Wildman–Crippen LogP) is 0.473. The number of aromatic nitrogens is 3. The Kier molecular flexibility index (Phi) is 3.97. The maximum Gasteiger partial charge on any atom is 0.319 e. The van der Waals surface area contributed by atoms with Gasteiger partial charge in [-0.15, -0.1) is 0 Å². The van der Waals surface area contributed by atoms with Crippen LogP contribution in [0, 0.1) is 0 Å². The molecule has 2 aromatic rings. The van der Waals surface area contributed by atoms with Crippen LogP contribution in [0.15, 0.2) is 35.5 Å². The summed E-state index contributed by atoms with van der Waals surface area (Å²) in [5.74, 6) is 0. The van der Waals surface area contributed by atoms with Gasteiger partial charge in [0.05, 0.1) is 6.20 Å². The summed E-state index contributed by atoms with van der Waals surface area (Å²) in [5, 5.41) is 11.8. The molecular formula is C12H15N5O2. The highest BCUT2D eigenvalue weighted by molar-refractivity contribution is 5.89. The molecule has 0 fully saturated rings. The summed E-state index contributed by atoms with van der Waals surface area (Å²) in [5.41, 5.74) is 1.33. The Balaban J connectivity index is 1.80. The smallest absolute Gasteiger partial charge is 0.319 e. The number of aromatic amines is 1. The summed E-state index contributed by atoms with van der Waals surface area (Å²) in [7, 11) is 1.65. The van der Waals surface area contributed by atoms with Crippen LogP contribution >= 0.6 is 0 Å². The van der Waals surface area contributed by atoms with Gasteiger partial charge in [-0.25, -0.2) is 4.79 Å². The number of nitrogens with zero attached hydrogens (tertiary/aromatic N) is 2. The van der Waals surface area contributed by atoms with E-state index in [2.05, 4.69) is 20.8 Å². The monoisotopic (exact) mass is 261 g/mol. The first-order valence-corrected chi connectivity index (χ1v) is 5.84. The molecule has 0 aromatic carbocycles. The van der Waals surface area contributed by atoms with E-state index in [-0.39, 0.29) is 11.6 Å². The zero-order chi connectivity index (χ0) is 13.7. The molecule has 2 amide bonds. The molecule has 2 heterocycles. The molecule has 7 nitrogen and oxygen atoms in total. The third kappa shape index (κ3) is 3.70. The largest absolute Gasteiger partial charge is 0.338 e. The van der Waals surface area contributed by atoms with Crippen molar-refractivity contribution in [3.8, 4) is 0 Å². The number of amides is 2. The molecule has 7 heteroatoms. The topological polar surface area (TPSA) is 91.8 Å². The Morgan fingerprint density at radius 3 is 3.05 bits per heavy atom. The maximum absolute atomic E-state index is 11.6. The first kappa shape index (κ1) is 12.9. The van der Waals surface area contributed by atoms with E-state index >= 15 is 0 Å². The van der Waals surface area contributed by atoms with Crippen LogP contribution in [0.1, 0.15) is 5.56 Å². The van der Waals surface area contributed by atoms with Crippen molar-refractivity contribution in [3.05, 3.63) is 46.6 Å². The standard InChI is InChI=1S/C12H15N5O2/c1-17-5-3-10(6-11(17)18)16-12(19)13-4-2-9-7-14-15-8-9/h3,5-8H,2,4H2,1H3,(H,14,15)(H2,13,16,19). The Labute approximate surface area is 109 Å². The van der Waals surface area contributed by atoms with Crippen molar-refractivity contribution in [1.82, 2.24) is 20.1 Å². The Morgan fingerprint density at radius 2 is 2.37 bits per heavy atom. The van der Waals surface area contributed by atoms with E-state index < -0.39 is 0 Å².